The third kappa shape index (κ3) is 4.99. The van der Waals surface area contributed by atoms with Crippen molar-refractivity contribution < 1.29 is 14.4 Å². The van der Waals surface area contributed by atoms with Gasteiger partial charge in [0.25, 0.3) is 0 Å². The van der Waals surface area contributed by atoms with Crippen LogP contribution in [0.2, 0.25) is 0 Å². The first-order valence-electron chi connectivity index (χ1n) is 8.62. The third-order valence-corrected chi connectivity index (χ3v) is 4.40. The number of ether oxygens (including phenoxy) is 2. The van der Waals surface area contributed by atoms with E-state index in [1.54, 1.807) is 4.90 Å². The Morgan fingerprint density at radius 2 is 1.77 bits per heavy atom. The standard InChI is InChI=1S/C19H31NO2/c1-16-8-7-9-17(19(2,3)4)18(16)22-15-14-21-13-12-20-10-5-6-11-20/h7-9H,5-6,10-15H2,1-4H3/p+1. The molecule has 0 aromatic heterocycles. The summed E-state index contributed by atoms with van der Waals surface area (Å²) in [6.07, 6.45) is 2.75. The Morgan fingerprint density at radius 3 is 2.45 bits per heavy atom. The van der Waals surface area contributed by atoms with Crippen molar-refractivity contribution in [2.75, 3.05) is 39.5 Å². The van der Waals surface area contributed by atoms with Crippen LogP contribution < -0.4 is 9.64 Å². The molecule has 1 fully saturated rings. The predicted octanol–water partition coefficient (Wildman–Crippen LogP) is 2.37. The number of likely N-dealkylation sites (tertiary alicyclic amines) is 1. The summed E-state index contributed by atoms with van der Waals surface area (Å²) in [6, 6.07) is 6.39. The van der Waals surface area contributed by atoms with Crippen molar-refractivity contribution in [2.45, 2.75) is 46.0 Å². The van der Waals surface area contributed by atoms with E-state index in [0.717, 1.165) is 18.9 Å². The van der Waals surface area contributed by atoms with Crippen molar-refractivity contribution in [3.05, 3.63) is 29.3 Å². The average Bonchev–Trinajstić information content (AvgIpc) is 2.96. The van der Waals surface area contributed by atoms with Crippen LogP contribution in [0.4, 0.5) is 0 Å². The topological polar surface area (TPSA) is 22.9 Å². The van der Waals surface area contributed by atoms with Gasteiger partial charge < -0.3 is 14.4 Å². The van der Waals surface area contributed by atoms with E-state index in [1.165, 1.54) is 37.1 Å². The van der Waals surface area contributed by atoms with Crippen molar-refractivity contribution in [2.24, 2.45) is 0 Å². The van der Waals surface area contributed by atoms with Crippen LogP contribution >= 0.6 is 0 Å². The van der Waals surface area contributed by atoms with Crippen LogP contribution in [-0.4, -0.2) is 39.5 Å². The number of aryl methyl sites for hydroxylation is 1. The maximum absolute atomic E-state index is 6.03. The van der Waals surface area contributed by atoms with E-state index in [4.69, 9.17) is 9.47 Å². The number of para-hydroxylation sites is 1. The molecule has 0 unspecified atom stereocenters. The minimum absolute atomic E-state index is 0.0985. The van der Waals surface area contributed by atoms with Crippen molar-refractivity contribution in [1.29, 1.82) is 0 Å². The van der Waals surface area contributed by atoms with Crippen LogP contribution in [0.25, 0.3) is 0 Å². The number of rotatable bonds is 7. The molecule has 1 N–H and O–H groups in total. The molecule has 0 spiro atoms. The van der Waals surface area contributed by atoms with E-state index in [0.29, 0.717) is 13.2 Å². The smallest absolute Gasteiger partial charge is 0.126 e. The second-order valence-corrected chi connectivity index (χ2v) is 7.37. The molecule has 0 aliphatic carbocycles. The molecule has 3 nitrogen and oxygen atoms in total. The van der Waals surface area contributed by atoms with Gasteiger partial charge in [0.05, 0.1) is 26.3 Å². The molecule has 1 aromatic carbocycles. The Balaban J connectivity index is 1.74. The Bertz CT molecular complexity index is 459. The first kappa shape index (κ1) is 17.3. The Kier molecular flexibility index (Phi) is 6.27. The van der Waals surface area contributed by atoms with Crippen LogP contribution in [0, 0.1) is 6.92 Å². The molecule has 1 saturated heterocycles. The summed E-state index contributed by atoms with van der Waals surface area (Å²) in [6.45, 7) is 14.7. The molecular weight excluding hydrogens is 274 g/mol. The summed E-state index contributed by atoms with van der Waals surface area (Å²) in [5.41, 5.74) is 2.57. The van der Waals surface area contributed by atoms with Crippen LogP contribution in [0.15, 0.2) is 18.2 Å². The van der Waals surface area contributed by atoms with E-state index in [1.807, 2.05) is 0 Å². The number of benzene rings is 1. The van der Waals surface area contributed by atoms with Gasteiger partial charge in [-0.25, -0.2) is 0 Å². The lowest BCUT2D eigenvalue weighted by atomic mass is 9.85. The number of quaternary nitrogens is 1. The summed E-state index contributed by atoms with van der Waals surface area (Å²) in [7, 11) is 0. The van der Waals surface area contributed by atoms with E-state index in [9.17, 15) is 0 Å². The number of nitrogens with one attached hydrogen (secondary N) is 1. The Morgan fingerprint density at radius 1 is 1.05 bits per heavy atom. The molecule has 0 saturated carbocycles. The molecule has 1 aliphatic heterocycles. The largest absolute Gasteiger partial charge is 0.491 e. The molecule has 0 radical (unpaired) electrons. The zero-order valence-corrected chi connectivity index (χ0v) is 14.7. The molecule has 22 heavy (non-hydrogen) atoms. The van der Waals surface area contributed by atoms with Gasteiger partial charge in [0.1, 0.15) is 18.9 Å². The van der Waals surface area contributed by atoms with Gasteiger partial charge in [0.2, 0.25) is 0 Å². The monoisotopic (exact) mass is 306 g/mol. The summed E-state index contributed by atoms with van der Waals surface area (Å²) >= 11 is 0. The second-order valence-electron chi connectivity index (χ2n) is 7.37. The third-order valence-electron chi connectivity index (χ3n) is 4.40. The molecule has 3 heteroatoms. The van der Waals surface area contributed by atoms with Crippen LogP contribution in [0.3, 0.4) is 0 Å². The quantitative estimate of drug-likeness (QED) is 0.782. The van der Waals surface area contributed by atoms with Crippen molar-refractivity contribution in [3.8, 4) is 5.75 Å². The molecule has 2 rings (SSSR count). The average molecular weight is 306 g/mol. The lowest BCUT2D eigenvalue weighted by molar-refractivity contribution is -0.887. The van der Waals surface area contributed by atoms with Crippen LogP contribution in [0.5, 0.6) is 5.75 Å². The summed E-state index contributed by atoms with van der Waals surface area (Å²) < 4.78 is 11.8. The van der Waals surface area contributed by atoms with Crippen LogP contribution in [0.1, 0.15) is 44.7 Å². The van der Waals surface area contributed by atoms with Crippen molar-refractivity contribution in [1.82, 2.24) is 0 Å². The van der Waals surface area contributed by atoms with Gasteiger partial charge in [-0.2, -0.15) is 0 Å². The molecule has 0 amide bonds. The van der Waals surface area contributed by atoms with Gasteiger partial charge in [-0.1, -0.05) is 39.0 Å². The van der Waals surface area contributed by atoms with E-state index in [2.05, 4.69) is 45.9 Å². The molecule has 1 aliphatic rings. The number of hydrogen-bond acceptors (Lipinski definition) is 2. The maximum Gasteiger partial charge on any atom is 0.126 e. The van der Waals surface area contributed by atoms with E-state index >= 15 is 0 Å². The zero-order chi connectivity index (χ0) is 16.0. The second kappa shape index (κ2) is 7.98. The fourth-order valence-electron chi connectivity index (χ4n) is 3.08. The molecule has 124 valence electrons. The molecular formula is C19H32NO2+. The molecule has 0 bridgehead atoms. The van der Waals surface area contributed by atoms with Gasteiger partial charge in [0, 0.05) is 12.8 Å². The Hall–Kier alpha value is -1.06. The van der Waals surface area contributed by atoms with Gasteiger partial charge >= 0.3 is 0 Å². The highest BCUT2D eigenvalue weighted by Crippen LogP contribution is 2.33. The fourth-order valence-corrected chi connectivity index (χ4v) is 3.08. The molecule has 0 atom stereocenters. The number of hydrogen-bond donors (Lipinski definition) is 1. The predicted molar refractivity (Wildman–Crippen MR) is 91.0 cm³/mol. The highest BCUT2D eigenvalue weighted by Gasteiger charge is 2.20. The van der Waals surface area contributed by atoms with Gasteiger partial charge in [-0.3, -0.25) is 0 Å². The first-order chi connectivity index (χ1) is 10.5. The minimum atomic E-state index is 0.0985. The molecule has 1 aromatic rings. The summed E-state index contributed by atoms with van der Waals surface area (Å²) in [5.74, 6) is 1.03. The Labute approximate surface area is 135 Å². The minimum Gasteiger partial charge on any atom is -0.491 e. The highest BCUT2D eigenvalue weighted by molar-refractivity contribution is 5.44. The highest BCUT2D eigenvalue weighted by atomic mass is 16.5. The lowest BCUT2D eigenvalue weighted by Crippen LogP contribution is -3.10. The van der Waals surface area contributed by atoms with Gasteiger partial charge in [-0.15, -0.1) is 0 Å². The van der Waals surface area contributed by atoms with E-state index in [-0.39, 0.29) is 5.41 Å². The SMILES string of the molecule is Cc1cccc(C(C)(C)C)c1OCCOCC[NH+]1CCCC1. The molecule has 1 heterocycles. The first-order valence-corrected chi connectivity index (χ1v) is 8.62. The van der Waals surface area contributed by atoms with Gasteiger partial charge in [0.15, 0.2) is 0 Å². The van der Waals surface area contributed by atoms with Crippen molar-refractivity contribution in [3.63, 3.8) is 0 Å². The maximum atomic E-state index is 6.03. The van der Waals surface area contributed by atoms with Crippen LogP contribution in [-0.2, 0) is 10.2 Å². The lowest BCUT2D eigenvalue weighted by Gasteiger charge is -2.24. The fraction of sp³-hybridized carbons (Fsp3) is 0.684. The van der Waals surface area contributed by atoms with Crippen molar-refractivity contribution >= 4 is 0 Å². The van der Waals surface area contributed by atoms with Gasteiger partial charge in [-0.05, 0) is 23.5 Å². The summed E-state index contributed by atoms with van der Waals surface area (Å²) in [5, 5.41) is 0. The zero-order valence-electron chi connectivity index (χ0n) is 14.7. The summed E-state index contributed by atoms with van der Waals surface area (Å²) in [4.78, 5) is 1.69. The normalized spacial score (nSPS) is 16.2. The van der Waals surface area contributed by atoms with E-state index < -0.39 is 0 Å².